The highest BCUT2D eigenvalue weighted by Gasteiger charge is 2.40. The Morgan fingerprint density at radius 2 is 1.95 bits per heavy atom. The first-order chi connectivity index (χ1) is 9.08. The summed E-state index contributed by atoms with van der Waals surface area (Å²) in [4.78, 5) is 0. The number of rotatable bonds is 1. The molecule has 2 unspecified atom stereocenters. The molecule has 1 aliphatic carbocycles. The van der Waals surface area contributed by atoms with Gasteiger partial charge in [0.2, 0.25) is 0 Å². The van der Waals surface area contributed by atoms with Crippen LogP contribution in [0.5, 0.6) is 5.75 Å². The quantitative estimate of drug-likeness (QED) is 0.835. The van der Waals surface area contributed by atoms with Crippen LogP contribution in [0.4, 0.5) is 0 Å². The predicted molar refractivity (Wildman–Crippen MR) is 76.3 cm³/mol. The summed E-state index contributed by atoms with van der Waals surface area (Å²) in [5.74, 6) is 2.12. The standard InChI is InChI=1S/C17H24O2/c1-12-9-13(2)11-17(18,10-12)15-7-3-5-14-6-4-8-19-16(14)15/h3,5,7,12-13,18H,4,6,8-11H2,1-2H3. The molecule has 1 aromatic carbocycles. The van der Waals surface area contributed by atoms with Gasteiger partial charge in [-0.3, -0.25) is 0 Å². The average molecular weight is 260 g/mol. The lowest BCUT2D eigenvalue weighted by Gasteiger charge is -2.40. The summed E-state index contributed by atoms with van der Waals surface area (Å²) in [5.41, 5.74) is 1.60. The van der Waals surface area contributed by atoms with Crippen LogP contribution in [0, 0.1) is 11.8 Å². The highest BCUT2D eigenvalue weighted by atomic mass is 16.5. The van der Waals surface area contributed by atoms with E-state index in [9.17, 15) is 5.11 Å². The maximum atomic E-state index is 11.2. The van der Waals surface area contributed by atoms with E-state index in [1.54, 1.807) is 0 Å². The van der Waals surface area contributed by atoms with Crippen LogP contribution in [0.15, 0.2) is 18.2 Å². The topological polar surface area (TPSA) is 29.5 Å². The molecular formula is C17H24O2. The summed E-state index contributed by atoms with van der Waals surface area (Å²) in [6, 6.07) is 6.27. The SMILES string of the molecule is CC1CC(C)CC(O)(c2cccc3c2OCCC3)C1. The molecule has 1 N–H and O–H groups in total. The molecule has 1 fully saturated rings. The Labute approximate surface area is 115 Å². The number of fused-ring (bicyclic) bond motifs is 1. The number of hydrogen-bond donors (Lipinski definition) is 1. The molecule has 19 heavy (non-hydrogen) atoms. The number of para-hydroxylation sites is 1. The van der Waals surface area contributed by atoms with Crippen LogP contribution in [0.3, 0.4) is 0 Å². The van der Waals surface area contributed by atoms with Gasteiger partial charge in [-0.2, -0.15) is 0 Å². The lowest BCUT2D eigenvalue weighted by molar-refractivity contribution is -0.0384. The van der Waals surface area contributed by atoms with Gasteiger partial charge in [-0.25, -0.2) is 0 Å². The Bertz CT molecular complexity index is 456. The normalized spacial score (nSPS) is 34.5. The van der Waals surface area contributed by atoms with Crippen LogP contribution in [-0.2, 0) is 12.0 Å². The van der Waals surface area contributed by atoms with E-state index in [2.05, 4.69) is 32.0 Å². The predicted octanol–water partition coefficient (Wildman–Crippen LogP) is 3.66. The van der Waals surface area contributed by atoms with Gasteiger partial charge in [-0.05, 0) is 49.5 Å². The second-order valence-electron chi connectivity index (χ2n) is 6.63. The van der Waals surface area contributed by atoms with Crippen LogP contribution in [-0.4, -0.2) is 11.7 Å². The molecule has 0 saturated heterocycles. The smallest absolute Gasteiger partial charge is 0.128 e. The van der Waals surface area contributed by atoms with E-state index in [4.69, 9.17) is 4.74 Å². The molecular weight excluding hydrogens is 236 g/mol. The third-order valence-corrected chi connectivity index (χ3v) is 4.61. The molecule has 0 spiro atoms. The summed E-state index contributed by atoms with van der Waals surface area (Å²) in [6.45, 7) is 5.28. The van der Waals surface area contributed by atoms with Crippen molar-refractivity contribution in [3.05, 3.63) is 29.3 Å². The molecule has 0 aromatic heterocycles. The minimum atomic E-state index is -0.695. The Morgan fingerprint density at radius 3 is 2.68 bits per heavy atom. The molecule has 2 heteroatoms. The lowest BCUT2D eigenvalue weighted by Crippen LogP contribution is -2.36. The zero-order chi connectivity index (χ0) is 13.5. The van der Waals surface area contributed by atoms with E-state index in [1.165, 1.54) is 12.0 Å². The second kappa shape index (κ2) is 4.82. The van der Waals surface area contributed by atoms with Crippen molar-refractivity contribution < 1.29 is 9.84 Å². The van der Waals surface area contributed by atoms with E-state index < -0.39 is 5.60 Å². The largest absolute Gasteiger partial charge is 0.493 e. The summed E-state index contributed by atoms with van der Waals surface area (Å²) < 4.78 is 5.88. The van der Waals surface area contributed by atoms with Gasteiger partial charge in [0.25, 0.3) is 0 Å². The molecule has 1 saturated carbocycles. The minimum absolute atomic E-state index is 0.577. The number of ether oxygens (including phenoxy) is 1. The molecule has 0 radical (unpaired) electrons. The first kappa shape index (κ1) is 13.0. The number of hydrogen-bond acceptors (Lipinski definition) is 2. The molecule has 1 heterocycles. The van der Waals surface area contributed by atoms with E-state index in [0.717, 1.165) is 43.6 Å². The molecule has 3 rings (SSSR count). The number of aliphatic hydroxyl groups is 1. The van der Waals surface area contributed by atoms with Crippen LogP contribution >= 0.6 is 0 Å². The second-order valence-corrected chi connectivity index (χ2v) is 6.63. The summed E-state index contributed by atoms with van der Waals surface area (Å²) in [7, 11) is 0. The molecule has 2 atom stereocenters. The molecule has 1 aliphatic heterocycles. The molecule has 0 bridgehead atoms. The van der Waals surface area contributed by atoms with Crippen molar-refractivity contribution in [2.45, 2.75) is 51.6 Å². The van der Waals surface area contributed by atoms with E-state index in [-0.39, 0.29) is 0 Å². The fourth-order valence-corrected chi connectivity index (χ4v) is 4.07. The van der Waals surface area contributed by atoms with Gasteiger partial charge >= 0.3 is 0 Å². The van der Waals surface area contributed by atoms with Crippen molar-refractivity contribution in [2.24, 2.45) is 11.8 Å². The Hall–Kier alpha value is -1.02. The van der Waals surface area contributed by atoms with Crippen LogP contribution in [0.1, 0.15) is 50.7 Å². The van der Waals surface area contributed by atoms with E-state index in [0.29, 0.717) is 11.8 Å². The lowest BCUT2D eigenvalue weighted by atomic mass is 9.70. The fraction of sp³-hybridized carbons (Fsp3) is 0.647. The number of benzene rings is 1. The van der Waals surface area contributed by atoms with Crippen molar-refractivity contribution in [1.82, 2.24) is 0 Å². The first-order valence-electron chi connectivity index (χ1n) is 7.56. The van der Waals surface area contributed by atoms with E-state index in [1.807, 2.05) is 0 Å². The minimum Gasteiger partial charge on any atom is -0.493 e. The van der Waals surface area contributed by atoms with Crippen molar-refractivity contribution in [3.63, 3.8) is 0 Å². The van der Waals surface area contributed by atoms with Gasteiger partial charge in [0, 0.05) is 5.56 Å². The molecule has 2 aliphatic rings. The van der Waals surface area contributed by atoms with Gasteiger partial charge in [0.1, 0.15) is 5.75 Å². The first-order valence-corrected chi connectivity index (χ1v) is 7.56. The summed E-state index contributed by atoms with van der Waals surface area (Å²) >= 11 is 0. The van der Waals surface area contributed by atoms with E-state index >= 15 is 0 Å². The van der Waals surface area contributed by atoms with Gasteiger partial charge in [-0.1, -0.05) is 32.0 Å². The van der Waals surface area contributed by atoms with Gasteiger partial charge < -0.3 is 9.84 Å². The van der Waals surface area contributed by atoms with Gasteiger partial charge in [0.15, 0.2) is 0 Å². The molecule has 1 aromatic rings. The van der Waals surface area contributed by atoms with Crippen molar-refractivity contribution in [1.29, 1.82) is 0 Å². The van der Waals surface area contributed by atoms with Gasteiger partial charge in [0.05, 0.1) is 12.2 Å². The maximum Gasteiger partial charge on any atom is 0.128 e. The zero-order valence-corrected chi connectivity index (χ0v) is 12.0. The summed E-state index contributed by atoms with van der Waals surface area (Å²) in [6.07, 6.45) is 5.10. The Morgan fingerprint density at radius 1 is 1.21 bits per heavy atom. The Balaban J connectivity index is 2.01. The fourth-order valence-electron chi connectivity index (χ4n) is 4.07. The summed E-state index contributed by atoms with van der Waals surface area (Å²) in [5, 5.41) is 11.2. The third-order valence-electron chi connectivity index (χ3n) is 4.61. The number of aryl methyl sites for hydroxylation is 1. The molecule has 0 amide bonds. The van der Waals surface area contributed by atoms with Crippen LogP contribution < -0.4 is 4.74 Å². The average Bonchev–Trinajstić information content (AvgIpc) is 2.36. The van der Waals surface area contributed by atoms with Crippen LogP contribution in [0.25, 0.3) is 0 Å². The van der Waals surface area contributed by atoms with Crippen molar-refractivity contribution >= 4 is 0 Å². The van der Waals surface area contributed by atoms with Crippen LogP contribution in [0.2, 0.25) is 0 Å². The zero-order valence-electron chi connectivity index (χ0n) is 12.0. The Kier molecular flexibility index (Phi) is 3.30. The van der Waals surface area contributed by atoms with Crippen molar-refractivity contribution in [2.75, 3.05) is 6.61 Å². The molecule has 2 nitrogen and oxygen atoms in total. The highest BCUT2D eigenvalue weighted by Crippen LogP contribution is 2.46. The maximum absolute atomic E-state index is 11.2. The molecule has 104 valence electrons. The van der Waals surface area contributed by atoms with Crippen molar-refractivity contribution in [3.8, 4) is 5.75 Å². The van der Waals surface area contributed by atoms with Gasteiger partial charge in [-0.15, -0.1) is 0 Å². The monoisotopic (exact) mass is 260 g/mol. The third kappa shape index (κ3) is 2.38. The highest BCUT2D eigenvalue weighted by molar-refractivity contribution is 5.46.